The summed E-state index contributed by atoms with van der Waals surface area (Å²) < 4.78 is 0. The fourth-order valence-electron chi connectivity index (χ4n) is 3.69. The molecule has 1 aliphatic rings. The molecule has 0 aliphatic carbocycles. The number of carbonyl (C=O) groups is 2. The maximum absolute atomic E-state index is 12.7. The molecule has 28 heavy (non-hydrogen) atoms. The molecule has 0 unspecified atom stereocenters. The van der Waals surface area contributed by atoms with E-state index in [0.717, 1.165) is 11.8 Å². The molecule has 0 spiro atoms. The normalized spacial score (nSPS) is 20.4. The summed E-state index contributed by atoms with van der Waals surface area (Å²) in [6.07, 6.45) is 1.24. The van der Waals surface area contributed by atoms with Crippen LogP contribution in [0.5, 0.6) is 5.75 Å². The molecule has 1 fully saturated rings. The van der Waals surface area contributed by atoms with Crippen molar-refractivity contribution in [1.82, 2.24) is 10.2 Å². The first-order valence-electron chi connectivity index (χ1n) is 9.64. The van der Waals surface area contributed by atoms with Gasteiger partial charge in [-0.25, -0.2) is 0 Å². The van der Waals surface area contributed by atoms with Crippen LogP contribution in [0, 0.1) is 5.41 Å². The first kappa shape index (κ1) is 20.1. The molecule has 3 N–H and O–H groups in total. The van der Waals surface area contributed by atoms with Crippen LogP contribution in [-0.4, -0.2) is 52.2 Å². The number of nitrogens with one attached hydrogen (secondary N) is 1. The SMILES string of the molecule is CC(C)(C)CCN1C[C@@H](NC(=O)c2ccc3ccccc3c2O)C[C@H]1C(=O)O. The van der Waals surface area contributed by atoms with Crippen LogP contribution in [-0.2, 0) is 4.79 Å². The number of aliphatic carboxylic acids is 1. The molecule has 0 radical (unpaired) electrons. The van der Waals surface area contributed by atoms with Crippen molar-refractivity contribution in [2.45, 2.75) is 45.7 Å². The van der Waals surface area contributed by atoms with Gasteiger partial charge in [0.25, 0.3) is 5.91 Å². The number of carboxylic acids is 1. The average Bonchev–Trinajstić information content (AvgIpc) is 3.03. The van der Waals surface area contributed by atoms with E-state index in [1.54, 1.807) is 18.2 Å². The highest BCUT2D eigenvalue weighted by Crippen LogP contribution is 2.29. The van der Waals surface area contributed by atoms with Crippen molar-refractivity contribution in [1.29, 1.82) is 0 Å². The summed E-state index contributed by atoms with van der Waals surface area (Å²) in [5.74, 6) is -1.29. The van der Waals surface area contributed by atoms with Crippen molar-refractivity contribution >= 4 is 22.6 Å². The minimum Gasteiger partial charge on any atom is -0.506 e. The number of fused-ring (bicyclic) bond motifs is 1. The monoisotopic (exact) mass is 384 g/mol. The predicted molar refractivity (Wildman–Crippen MR) is 109 cm³/mol. The molecular formula is C22H28N2O4. The Balaban J connectivity index is 1.72. The van der Waals surface area contributed by atoms with Crippen LogP contribution in [0.15, 0.2) is 36.4 Å². The Morgan fingerprint density at radius 1 is 1.18 bits per heavy atom. The number of phenols is 1. The van der Waals surface area contributed by atoms with E-state index in [2.05, 4.69) is 26.1 Å². The number of likely N-dealkylation sites (tertiary alicyclic amines) is 1. The molecule has 0 bridgehead atoms. The molecule has 3 rings (SSSR count). The lowest BCUT2D eigenvalue weighted by atomic mass is 9.92. The molecule has 1 heterocycles. The molecule has 1 aliphatic heterocycles. The van der Waals surface area contributed by atoms with E-state index < -0.39 is 12.0 Å². The van der Waals surface area contributed by atoms with Crippen LogP contribution < -0.4 is 5.32 Å². The van der Waals surface area contributed by atoms with Gasteiger partial charge in [-0.3, -0.25) is 14.5 Å². The number of hydrogen-bond acceptors (Lipinski definition) is 4. The highest BCUT2D eigenvalue weighted by atomic mass is 16.4. The van der Waals surface area contributed by atoms with Gasteiger partial charge in [0.2, 0.25) is 0 Å². The van der Waals surface area contributed by atoms with Gasteiger partial charge in [-0.15, -0.1) is 0 Å². The minimum absolute atomic E-state index is 0.0482. The zero-order valence-corrected chi connectivity index (χ0v) is 16.6. The van der Waals surface area contributed by atoms with Gasteiger partial charge in [-0.1, -0.05) is 51.1 Å². The summed E-state index contributed by atoms with van der Waals surface area (Å²) in [7, 11) is 0. The van der Waals surface area contributed by atoms with Gasteiger partial charge in [-0.2, -0.15) is 0 Å². The minimum atomic E-state index is -0.862. The third kappa shape index (κ3) is 4.44. The van der Waals surface area contributed by atoms with Crippen LogP contribution in [0.3, 0.4) is 0 Å². The van der Waals surface area contributed by atoms with Gasteiger partial charge in [0, 0.05) is 18.0 Å². The average molecular weight is 384 g/mol. The van der Waals surface area contributed by atoms with Gasteiger partial charge >= 0.3 is 5.97 Å². The number of carbonyl (C=O) groups excluding carboxylic acids is 1. The van der Waals surface area contributed by atoms with Crippen molar-refractivity contribution in [3.63, 3.8) is 0 Å². The molecule has 6 nitrogen and oxygen atoms in total. The second-order valence-corrected chi connectivity index (χ2v) is 8.75. The van der Waals surface area contributed by atoms with E-state index in [1.165, 1.54) is 0 Å². The van der Waals surface area contributed by atoms with Gasteiger partial charge in [0.1, 0.15) is 11.8 Å². The Bertz CT molecular complexity index is 888. The maximum Gasteiger partial charge on any atom is 0.321 e. The highest BCUT2D eigenvalue weighted by molar-refractivity contribution is 6.03. The van der Waals surface area contributed by atoms with E-state index in [4.69, 9.17) is 0 Å². The van der Waals surface area contributed by atoms with Gasteiger partial charge < -0.3 is 15.5 Å². The number of aromatic hydroxyl groups is 1. The smallest absolute Gasteiger partial charge is 0.321 e. The molecule has 6 heteroatoms. The van der Waals surface area contributed by atoms with E-state index in [0.29, 0.717) is 24.9 Å². The summed E-state index contributed by atoms with van der Waals surface area (Å²) in [5.41, 5.74) is 0.320. The Kier molecular flexibility index (Phi) is 5.61. The summed E-state index contributed by atoms with van der Waals surface area (Å²) in [6.45, 7) is 7.54. The zero-order chi connectivity index (χ0) is 20.5. The lowest BCUT2D eigenvalue weighted by Gasteiger charge is -2.26. The van der Waals surface area contributed by atoms with Gasteiger partial charge in [0.05, 0.1) is 5.56 Å². The number of hydrogen-bond donors (Lipinski definition) is 3. The lowest BCUT2D eigenvalue weighted by molar-refractivity contribution is -0.142. The van der Waals surface area contributed by atoms with Crippen molar-refractivity contribution in [3.8, 4) is 5.75 Å². The fraction of sp³-hybridized carbons (Fsp3) is 0.455. The lowest BCUT2D eigenvalue weighted by Crippen LogP contribution is -2.39. The topological polar surface area (TPSA) is 89.9 Å². The molecule has 2 atom stereocenters. The number of benzene rings is 2. The Labute approximate surface area is 165 Å². The second kappa shape index (κ2) is 7.80. The zero-order valence-electron chi connectivity index (χ0n) is 16.6. The van der Waals surface area contributed by atoms with E-state index in [9.17, 15) is 19.8 Å². The fourth-order valence-corrected chi connectivity index (χ4v) is 3.69. The number of phenolic OH excluding ortho intramolecular Hbond substituents is 1. The Hall–Kier alpha value is -2.60. The summed E-state index contributed by atoms with van der Waals surface area (Å²) in [4.78, 5) is 26.3. The quantitative estimate of drug-likeness (QED) is 0.736. The first-order chi connectivity index (χ1) is 13.2. The molecule has 2 aromatic rings. The van der Waals surface area contributed by atoms with E-state index in [-0.39, 0.29) is 28.7 Å². The van der Waals surface area contributed by atoms with Crippen molar-refractivity contribution in [2.75, 3.05) is 13.1 Å². The van der Waals surface area contributed by atoms with Gasteiger partial charge in [-0.05, 0) is 36.3 Å². The van der Waals surface area contributed by atoms with Crippen molar-refractivity contribution < 1.29 is 19.8 Å². The molecule has 1 saturated heterocycles. The molecule has 0 saturated carbocycles. The number of nitrogens with zero attached hydrogens (tertiary/aromatic N) is 1. The van der Waals surface area contributed by atoms with Gasteiger partial charge in [0.15, 0.2) is 0 Å². The number of amides is 1. The van der Waals surface area contributed by atoms with Crippen molar-refractivity contribution in [2.24, 2.45) is 5.41 Å². The van der Waals surface area contributed by atoms with Crippen LogP contribution in [0.4, 0.5) is 0 Å². The number of rotatable bonds is 5. The van der Waals surface area contributed by atoms with Crippen molar-refractivity contribution in [3.05, 3.63) is 42.0 Å². The second-order valence-electron chi connectivity index (χ2n) is 8.75. The number of carboxylic acid groups (broad SMARTS) is 1. The van der Waals surface area contributed by atoms with Crippen LogP contribution in [0.25, 0.3) is 10.8 Å². The molecule has 0 aromatic heterocycles. The summed E-state index contributed by atoms with van der Waals surface area (Å²) in [6, 6.07) is 9.87. The molecular weight excluding hydrogens is 356 g/mol. The third-order valence-corrected chi connectivity index (χ3v) is 5.32. The van der Waals surface area contributed by atoms with Crippen LogP contribution in [0.2, 0.25) is 0 Å². The first-order valence-corrected chi connectivity index (χ1v) is 9.64. The summed E-state index contributed by atoms with van der Waals surface area (Å²) in [5, 5.41) is 24.4. The largest absolute Gasteiger partial charge is 0.506 e. The molecule has 1 amide bonds. The van der Waals surface area contributed by atoms with E-state index >= 15 is 0 Å². The third-order valence-electron chi connectivity index (χ3n) is 5.32. The predicted octanol–water partition coefficient (Wildman–Crippen LogP) is 3.24. The molecule has 2 aromatic carbocycles. The molecule has 150 valence electrons. The maximum atomic E-state index is 12.7. The van der Waals surface area contributed by atoms with Crippen LogP contribution in [0.1, 0.15) is 44.0 Å². The standard InChI is InChI=1S/C22H28N2O4/c1-22(2,3)10-11-24-13-15(12-18(24)21(27)28)23-20(26)17-9-8-14-6-4-5-7-16(14)19(17)25/h4-9,15,18,25H,10-13H2,1-3H3,(H,23,26)(H,27,28)/t15-,18-/m0/s1. The van der Waals surface area contributed by atoms with Crippen LogP contribution >= 0.6 is 0 Å². The summed E-state index contributed by atoms with van der Waals surface area (Å²) >= 11 is 0. The Morgan fingerprint density at radius 3 is 2.57 bits per heavy atom. The van der Waals surface area contributed by atoms with E-state index in [1.807, 2.05) is 23.1 Å². The highest BCUT2D eigenvalue weighted by Gasteiger charge is 2.37. The Morgan fingerprint density at radius 2 is 1.89 bits per heavy atom.